The van der Waals surface area contributed by atoms with E-state index in [2.05, 4.69) is 22.8 Å². The Bertz CT molecular complexity index is 1360. The molecule has 0 aromatic heterocycles. The molecule has 4 rings (SSSR count). The second kappa shape index (κ2) is 12.3. The number of rotatable bonds is 10. The molecule has 4 aromatic rings. The van der Waals surface area contributed by atoms with Crippen LogP contribution in [0.25, 0.3) is 0 Å². The fourth-order valence-corrected chi connectivity index (χ4v) is 3.81. The van der Waals surface area contributed by atoms with E-state index in [1.807, 2.05) is 48.5 Å². The zero-order valence-corrected chi connectivity index (χ0v) is 20.7. The Hall–Kier alpha value is -4.78. The van der Waals surface area contributed by atoms with Crippen LogP contribution in [0.1, 0.15) is 21.5 Å². The van der Waals surface area contributed by atoms with E-state index in [1.165, 1.54) is 14.2 Å². The van der Waals surface area contributed by atoms with Crippen LogP contribution in [0.2, 0.25) is 0 Å². The first-order valence-corrected chi connectivity index (χ1v) is 11.7. The van der Waals surface area contributed by atoms with Gasteiger partial charge in [-0.25, -0.2) is 0 Å². The summed E-state index contributed by atoms with van der Waals surface area (Å²) in [7, 11) is 2.97. The van der Waals surface area contributed by atoms with Gasteiger partial charge in [0.15, 0.2) is 6.61 Å². The molecule has 0 bridgehead atoms. The average Bonchev–Trinajstić information content (AvgIpc) is 2.94. The second-order valence-electron chi connectivity index (χ2n) is 8.18. The molecule has 2 amide bonds. The molecule has 0 aliphatic rings. The minimum absolute atomic E-state index is 0.191. The number of benzene rings is 4. The van der Waals surface area contributed by atoms with Crippen molar-refractivity contribution < 1.29 is 23.8 Å². The summed E-state index contributed by atoms with van der Waals surface area (Å²) >= 11 is 0. The maximum absolute atomic E-state index is 12.8. The number of amides is 2. The van der Waals surface area contributed by atoms with Crippen molar-refractivity contribution in [2.24, 2.45) is 0 Å². The summed E-state index contributed by atoms with van der Waals surface area (Å²) in [5.74, 6) is 0.720. The molecular formula is C30H28N2O5. The van der Waals surface area contributed by atoms with Gasteiger partial charge in [-0.1, -0.05) is 66.7 Å². The molecule has 4 aromatic carbocycles. The number of hydrogen-bond donors (Lipinski definition) is 2. The monoisotopic (exact) mass is 496 g/mol. The fraction of sp³-hybridized carbons (Fsp3) is 0.133. The molecule has 0 saturated heterocycles. The molecule has 0 unspecified atom stereocenters. The topological polar surface area (TPSA) is 85.9 Å². The number of nitrogens with one attached hydrogen (secondary N) is 2. The molecule has 2 N–H and O–H groups in total. The summed E-state index contributed by atoms with van der Waals surface area (Å²) in [5.41, 5.74) is 3.45. The Balaban J connectivity index is 1.44. The lowest BCUT2D eigenvalue weighted by molar-refractivity contribution is -0.118. The van der Waals surface area contributed by atoms with Gasteiger partial charge in [0.2, 0.25) is 0 Å². The molecule has 0 aliphatic heterocycles. The minimum Gasteiger partial charge on any atom is -0.494 e. The number of methoxy groups -OCH3 is 2. The van der Waals surface area contributed by atoms with Gasteiger partial charge in [0.1, 0.15) is 17.2 Å². The predicted octanol–water partition coefficient (Wildman–Crippen LogP) is 5.56. The van der Waals surface area contributed by atoms with Crippen LogP contribution in [0, 0.1) is 0 Å². The standard InChI is InChI=1S/C30H28N2O5/c1-35-27-19-25(32-30(34)22-13-7-4-8-14-22)28(36-2)18-24(27)31-29(33)20-37-26-16-10-9-15-23(26)17-21-11-5-3-6-12-21/h3-16,18-19H,17,20H2,1-2H3,(H,31,33)(H,32,34). The van der Waals surface area contributed by atoms with Gasteiger partial charge in [-0.15, -0.1) is 0 Å². The van der Waals surface area contributed by atoms with Gasteiger partial charge >= 0.3 is 0 Å². The Morgan fingerprint density at radius 1 is 0.676 bits per heavy atom. The van der Waals surface area contributed by atoms with Gasteiger partial charge in [-0.05, 0) is 29.3 Å². The van der Waals surface area contributed by atoms with Crippen molar-refractivity contribution in [3.63, 3.8) is 0 Å². The molecule has 7 heteroatoms. The van der Waals surface area contributed by atoms with Gasteiger partial charge in [-0.2, -0.15) is 0 Å². The van der Waals surface area contributed by atoms with Crippen molar-refractivity contribution in [1.29, 1.82) is 0 Å². The number of ether oxygens (including phenoxy) is 3. The molecule has 0 aliphatic carbocycles. The van der Waals surface area contributed by atoms with Crippen molar-refractivity contribution in [3.05, 3.63) is 114 Å². The van der Waals surface area contributed by atoms with E-state index in [-0.39, 0.29) is 18.4 Å². The maximum Gasteiger partial charge on any atom is 0.262 e. The van der Waals surface area contributed by atoms with Crippen LogP contribution in [0.5, 0.6) is 17.2 Å². The first kappa shape index (κ1) is 25.3. The van der Waals surface area contributed by atoms with E-state index in [4.69, 9.17) is 14.2 Å². The summed E-state index contributed by atoms with van der Waals surface area (Å²) in [4.78, 5) is 25.4. The lowest BCUT2D eigenvalue weighted by atomic mass is 10.0. The smallest absolute Gasteiger partial charge is 0.262 e. The van der Waals surface area contributed by atoms with Crippen molar-refractivity contribution in [3.8, 4) is 17.2 Å². The summed E-state index contributed by atoms with van der Waals surface area (Å²) in [6, 6.07) is 29.7. The van der Waals surface area contributed by atoms with Crippen molar-refractivity contribution in [2.75, 3.05) is 31.5 Å². The van der Waals surface area contributed by atoms with Crippen molar-refractivity contribution in [1.82, 2.24) is 0 Å². The molecule has 0 heterocycles. The number of carbonyl (C=O) groups excluding carboxylic acids is 2. The molecule has 0 radical (unpaired) electrons. The van der Waals surface area contributed by atoms with Crippen LogP contribution in [0.4, 0.5) is 11.4 Å². The highest BCUT2D eigenvalue weighted by Crippen LogP contribution is 2.36. The minimum atomic E-state index is -0.365. The predicted molar refractivity (Wildman–Crippen MR) is 144 cm³/mol. The molecule has 7 nitrogen and oxygen atoms in total. The maximum atomic E-state index is 12.8. The first-order chi connectivity index (χ1) is 18.1. The number of para-hydroxylation sites is 1. The van der Waals surface area contributed by atoms with Gasteiger partial charge < -0.3 is 24.8 Å². The summed E-state index contributed by atoms with van der Waals surface area (Å²) in [6.45, 7) is -0.191. The Kier molecular flexibility index (Phi) is 8.39. The molecule has 0 spiro atoms. The van der Waals surface area contributed by atoms with Crippen LogP contribution >= 0.6 is 0 Å². The Morgan fingerprint density at radius 3 is 1.89 bits per heavy atom. The lowest BCUT2D eigenvalue weighted by Gasteiger charge is -2.17. The van der Waals surface area contributed by atoms with E-state index < -0.39 is 0 Å². The Morgan fingerprint density at radius 2 is 1.24 bits per heavy atom. The van der Waals surface area contributed by atoms with Crippen molar-refractivity contribution in [2.45, 2.75) is 6.42 Å². The van der Waals surface area contributed by atoms with E-state index in [9.17, 15) is 9.59 Å². The highest BCUT2D eigenvalue weighted by molar-refractivity contribution is 6.05. The van der Waals surface area contributed by atoms with Crippen LogP contribution in [-0.4, -0.2) is 32.6 Å². The summed E-state index contributed by atoms with van der Waals surface area (Å²) < 4.78 is 16.8. The van der Waals surface area contributed by atoms with Crippen molar-refractivity contribution >= 4 is 23.2 Å². The summed E-state index contributed by atoms with van der Waals surface area (Å²) in [5, 5.41) is 5.63. The zero-order chi connectivity index (χ0) is 26.0. The average molecular weight is 497 g/mol. The van der Waals surface area contributed by atoms with Gasteiger partial charge in [0, 0.05) is 24.1 Å². The van der Waals surface area contributed by atoms with E-state index in [0.717, 1.165) is 11.1 Å². The van der Waals surface area contributed by atoms with Crippen LogP contribution in [-0.2, 0) is 11.2 Å². The van der Waals surface area contributed by atoms with Gasteiger partial charge in [0.05, 0.1) is 25.6 Å². The SMILES string of the molecule is COc1cc(NC(=O)c2ccccc2)c(OC)cc1NC(=O)COc1ccccc1Cc1ccccc1. The van der Waals surface area contributed by atoms with Crippen LogP contribution in [0.3, 0.4) is 0 Å². The van der Waals surface area contributed by atoms with Gasteiger partial charge in [-0.3, -0.25) is 9.59 Å². The first-order valence-electron chi connectivity index (χ1n) is 11.7. The van der Waals surface area contributed by atoms with E-state index in [0.29, 0.717) is 40.6 Å². The van der Waals surface area contributed by atoms with Crippen LogP contribution < -0.4 is 24.8 Å². The molecular weight excluding hydrogens is 468 g/mol. The normalized spacial score (nSPS) is 10.3. The number of carbonyl (C=O) groups is 2. The van der Waals surface area contributed by atoms with Gasteiger partial charge in [0.25, 0.3) is 11.8 Å². The van der Waals surface area contributed by atoms with Crippen LogP contribution in [0.15, 0.2) is 97.1 Å². The van der Waals surface area contributed by atoms with E-state index in [1.54, 1.807) is 36.4 Å². The highest BCUT2D eigenvalue weighted by Gasteiger charge is 2.17. The summed E-state index contributed by atoms with van der Waals surface area (Å²) in [6.07, 6.45) is 0.694. The Labute approximate surface area is 216 Å². The molecule has 0 fully saturated rings. The second-order valence-corrected chi connectivity index (χ2v) is 8.18. The fourth-order valence-electron chi connectivity index (χ4n) is 3.81. The molecule has 37 heavy (non-hydrogen) atoms. The number of anilines is 2. The van der Waals surface area contributed by atoms with E-state index >= 15 is 0 Å². The largest absolute Gasteiger partial charge is 0.494 e. The molecule has 188 valence electrons. The third kappa shape index (κ3) is 6.67. The zero-order valence-electron chi connectivity index (χ0n) is 20.7. The number of hydrogen-bond acceptors (Lipinski definition) is 5. The highest BCUT2D eigenvalue weighted by atomic mass is 16.5. The third-order valence-electron chi connectivity index (χ3n) is 5.65. The molecule has 0 saturated carbocycles. The quantitative estimate of drug-likeness (QED) is 0.300. The molecule has 0 atom stereocenters. The third-order valence-corrected chi connectivity index (χ3v) is 5.65. The lowest BCUT2D eigenvalue weighted by Crippen LogP contribution is -2.21.